The molecular formula is C26H32ClF3N7O7P. The molecule has 3 aromatic rings. The molecule has 2 aromatic heterocycles. The molecule has 2 aliphatic rings. The number of hydrogen-bond acceptors (Lipinski definition) is 12. The summed E-state index contributed by atoms with van der Waals surface area (Å²) in [6.07, 6.45) is -9.35. The lowest BCUT2D eigenvalue weighted by molar-refractivity contribution is -0.195. The Bertz CT molecular complexity index is 1580. The molecule has 1 saturated heterocycles. The van der Waals surface area contributed by atoms with E-state index in [0.717, 1.165) is 23.7 Å². The van der Waals surface area contributed by atoms with E-state index in [4.69, 9.17) is 35.9 Å². The average Bonchev–Trinajstić information content (AvgIpc) is 3.61. The summed E-state index contributed by atoms with van der Waals surface area (Å²) < 4.78 is 80.4. The first-order valence-electron chi connectivity index (χ1n) is 13.9. The SMILES string of the molecule is CC(C)OC(=O)[C@@H](C)N[P@](=O)(OC[C@H]1O[C@@H](n2cnc3c(NC4CC4)nc(N)nc32)[C@@](Cl)(C(F)(F)F)[C@@H]1O)Oc1ccccc1. The van der Waals surface area contributed by atoms with Crippen molar-refractivity contribution < 1.29 is 46.2 Å². The fourth-order valence-electron chi connectivity index (χ4n) is 4.59. The highest BCUT2D eigenvalue weighted by atomic mass is 35.5. The van der Waals surface area contributed by atoms with Gasteiger partial charge in [0.1, 0.15) is 24.0 Å². The molecule has 1 saturated carbocycles. The number of halogens is 4. The quantitative estimate of drug-likeness (QED) is 0.123. The van der Waals surface area contributed by atoms with E-state index in [-0.39, 0.29) is 34.7 Å². The highest BCUT2D eigenvalue weighted by Crippen LogP contribution is 2.55. The van der Waals surface area contributed by atoms with Gasteiger partial charge in [0.05, 0.1) is 19.0 Å². The maximum Gasteiger partial charge on any atom is 0.459 e. The number of aliphatic hydroxyl groups excluding tert-OH is 1. The average molecular weight is 678 g/mol. The van der Waals surface area contributed by atoms with Crippen molar-refractivity contribution >= 4 is 48.2 Å². The Balaban J connectivity index is 1.43. The molecule has 0 radical (unpaired) electrons. The summed E-state index contributed by atoms with van der Waals surface area (Å²) in [5, 5.41) is 16.5. The molecule has 5 rings (SSSR count). The Kier molecular flexibility index (Phi) is 9.23. The van der Waals surface area contributed by atoms with Gasteiger partial charge in [0.25, 0.3) is 0 Å². The number of nitrogens with zero attached hydrogens (tertiary/aromatic N) is 4. The van der Waals surface area contributed by atoms with Gasteiger partial charge in [-0.15, -0.1) is 11.6 Å². The standard InChI is InChI=1S/C26H32ClF3N7O7P/c1-13(2)42-22(39)14(3)36-45(40,44-16-7-5-4-6-8-16)41-11-17-19(38)25(27,26(28,29)30)23(43-17)37-12-32-18-20(33-15-9-10-15)34-24(31)35-21(18)37/h4-8,12-15,17,19,23,38H,9-11H2,1-3H3,(H,36,40)(H3,31,33,34,35)/t14-,17-,19-,23-,25-,45+/m1/s1. The number of nitrogen functional groups attached to an aromatic ring is 1. The number of imidazole rings is 1. The molecule has 0 amide bonds. The third-order valence-corrected chi connectivity index (χ3v) is 9.19. The number of benzene rings is 1. The van der Waals surface area contributed by atoms with Crippen LogP contribution in [0.3, 0.4) is 0 Å². The van der Waals surface area contributed by atoms with Gasteiger partial charge in [0.2, 0.25) is 10.8 Å². The zero-order valence-corrected chi connectivity index (χ0v) is 25.9. The van der Waals surface area contributed by atoms with Crippen molar-refractivity contribution in [2.75, 3.05) is 17.7 Å². The molecule has 246 valence electrons. The second kappa shape index (κ2) is 12.5. The van der Waals surface area contributed by atoms with E-state index in [9.17, 15) is 27.6 Å². The van der Waals surface area contributed by atoms with Gasteiger partial charge in [-0.1, -0.05) is 18.2 Å². The Labute approximate surface area is 260 Å². The molecule has 6 atom stereocenters. The number of aromatic nitrogens is 4. The van der Waals surface area contributed by atoms with E-state index < -0.39 is 62.0 Å². The second-order valence-corrected chi connectivity index (χ2v) is 13.3. The lowest BCUT2D eigenvalue weighted by Crippen LogP contribution is -2.53. The van der Waals surface area contributed by atoms with Crippen LogP contribution in [0.5, 0.6) is 5.75 Å². The molecule has 1 aliphatic carbocycles. The summed E-state index contributed by atoms with van der Waals surface area (Å²) in [7, 11) is -4.53. The van der Waals surface area contributed by atoms with E-state index in [0.29, 0.717) is 0 Å². The van der Waals surface area contributed by atoms with Crippen LogP contribution in [0.1, 0.15) is 39.8 Å². The van der Waals surface area contributed by atoms with Gasteiger partial charge in [-0.3, -0.25) is 13.9 Å². The van der Waals surface area contributed by atoms with E-state index in [2.05, 4.69) is 25.4 Å². The Morgan fingerprint density at radius 2 is 1.96 bits per heavy atom. The summed E-state index contributed by atoms with van der Waals surface area (Å²) in [5.41, 5.74) is 5.83. The molecule has 0 unspecified atom stereocenters. The lowest BCUT2D eigenvalue weighted by atomic mass is 9.98. The molecular weight excluding hydrogens is 646 g/mol. The molecule has 0 bridgehead atoms. The van der Waals surface area contributed by atoms with Crippen LogP contribution < -0.4 is 20.7 Å². The number of anilines is 2. The number of hydrogen-bond donors (Lipinski definition) is 4. The van der Waals surface area contributed by atoms with Gasteiger partial charge >= 0.3 is 19.9 Å². The van der Waals surface area contributed by atoms with Crippen molar-refractivity contribution in [2.24, 2.45) is 0 Å². The minimum atomic E-state index is -5.24. The number of fused-ring (bicyclic) bond motifs is 1. The van der Waals surface area contributed by atoms with Crippen molar-refractivity contribution in [1.29, 1.82) is 0 Å². The summed E-state index contributed by atoms with van der Waals surface area (Å²) in [5.74, 6) is -0.751. The van der Waals surface area contributed by atoms with Gasteiger partial charge in [0, 0.05) is 6.04 Å². The monoisotopic (exact) mass is 677 g/mol. The van der Waals surface area contributed by atoms with Crippen molar-refractivity contribution in [3.05, 3.63) is 36.7 Å². The maximum atomic E-state index is 14.6. The van der Waals surface area contributed by atoms with Crippen LogP contribution >= 0.6 is 19.3 Å². The third-order valence-electron chi connectivity index (χ3n) is 6.92. The van der Waals surface area contributed by atoms with Crippen LogP contribution in [0, 0.1) is 0 Å². The molecule has 5 N–H and O–H groups in total. The topological polar surface area (TPSA) is 185 Å². The smallest absolute Gasteiger partial charge is 0.459 e. The number of carbonyl (C=O) groups excluding carboxylic acids is 1. The molecule has 3 heterocycles. The van der Waals surface area contributed by atoms with E-state index in [1.165, 1.54) is 19.1 Å². The first-order chi connectivity index (χ1) is 21.1. The number of alkyl halides is 4. The number of rotatable bonds is 12. The van der Waals surface area contributed by atoms with Crippen LogP contribution in [-0.4, -0.2) is 78.6 Å². The molecule has 45 heavy (non-hydrogen) atoms. The molecule has 1 aliphatic heterocycles. The summed E-state index contributed by atoms with van der Waals surface area (Å²) in [4.78, 5) is 21.3. The molecule has 1 aromatic carbocycles. The zero-order chi connectivity index (χ0) is 32.7. The molecule has 2 fully saturated rings. The van der Waals surface area contributed by atoms with Crippen LogP contribution in [0.2, 0.25) is 0 Å². The number of nitrogens with one attached hydrogen (secondary N) is 2. The molecule has 0 spiro atoms. The number of carbonyl (C=O) groups is 1. The third kappa shape index (κ3) is 6.98. The van der Waals surface area contributed by atoms with Crippen molar-refractivity contribution in [3.63, 3.8) is 0 Å². The number of nitrogens with two attached hydrogens (primary N) is 1. The fourth-order valence-corrected chi connectivity index (χ4v) is 6.39. The fraction of sp³-hybridized carbons (Fsp3) is 0.538. The van der Waals surface area contributed by atoms with E-state index >= 15 is 0 Å². The van der Waals surface area contributed by atoms with Gasteiger partial charge in [-0.05, 0) is 45.7 Å². The number of para-hydroxylation sites is 1. The van der Waals surface area contributed by atoms with Crippen molar-refractivity contribution in [1.82, 2.24) is 24.6 Å². The van der Waals surface area contributed by atoms with Crippen LogP contribution in [0.15, 0.2) is 36.7 Å². The number of aliphatic hydroxyl groups is 1. The predicted molar refractivity (Wildman–Crippen MR) is 155 cm³/mol. The zero-order valence-electron chi connectivity index (χ0n) is 24.3. The Morgan fingerprint density at radius 3 is 2.58 bits per heavy atom. The summed E-state index contributed by atoms with van der Waals surface area (Å²) >= 11 is 6.21. The van der Waals surface area contributed by atoms with Crippen LogP contribution in [0.25, 0.3) is 11.2 Å². The first kappa shape index (κ1) is 33.2. The highest BCUT2D eigenvalue weighted by molar-refractivity contribution is 7.52. The normalized spacial score (nSPS) is 25.7. The van der Waals surface area contributed by atoms with E-state index in [1.807, 2.05) is 0 Å². The van der Waals surface area contributed by atoms with E-state index in [1.54, 1.807) is 32.0 Å². The number of ether oxygens (including phenoxy) is 2. The van der Waals surface area contributed by atoms with Gasteiger partial charge < -0.3 is 30.2 Å². The lowest BCUT2D eigenvalue weighted by Gasteiger charge is -2.32. The van der Waals surface area contributed by atoms with Gasteiger partial charge in [-0.25, -0.2) is 9.55 Å². The Hall–Kier alpha value is -3.21. The largest absolute Gasteiger partial charge is 0.462 e. The summed E-state index contributed by atoms with van der Waals surface area (Å²) in [6, 6.07) is 6.59. The minimum Gasteiger partial charge on any atom is -0.462 e. The molecule has 19 heteroatoms. The van der Waals surface area contributed by atoms with Crippen molar-refractivity contribution in [3.8, 4) is 5.75 Å². The summed E-state index contributed by atoms with van der Waals surface area (Å²) in [6.45, 7) is 3.65. The maximum absolute atomic E-state index is 14.6. The first-order valence-corrected chi connectivity index (χ1v) is 15.9. The predicted octanol–water partition coefficient (Wildman–Crippen LogP) is 3.91. The van der Waals surface area contributed by atoms with Crippen LogP contribution in [-0.2, 0) is 23.4 Å². The second-order valence-electron chi connectivity index (χ2n) is 10.9. The van der Waals surface area contributed by atoms with Gasteiger partial charge in [-0.2, -0.15) is 28.2 Å². The van der Waals surface area contributed by atoms with Crippen LogP contribution in [0.4, 0.5) is 24.9 Å². The minimum absolute atomic E-state index is 0.0586. The van der Waals surface area contributed by atoms with Crippen molar-refractivity contribution in [2.45, 2.75) is 81.3 Å². The number of esters is 1. The van der Waals surface area contributed by atoms with Gasteiger partial charge in [0.15, 0.2) is 23.2 Å². The molecule has 14 nitrogen and oxygen atoms in total. The highest BCUT2D eigenvalue weighted by Gasteiger charge is 2.71. The Morgan fingerprint density at radius 1 is 1.27 bits per heavy atom.